The molecule has 0 aliphatic rings. The number of rotatable bonds is 3. The number of anilines is 2. The van der Waals surface area contributed by atoms with Gasteiger partial charge in [-0.05, 0) is 49.4 Å². The van der Waals surface area contributed by atoms with Crippen molar-refractivity contribution in [3.63, 3.8) is 0 Å². The van der Waals surface area contributed by atoms with Crippen molar-refractivity contribution in [3.8, 4) is 5.69 Å². The van der Waals surface area contributed by atoms with Gasteiger partial charge in [0, 0.05) is 10.9 Å². The number of nitrogens with two attached hydrogens (primary N) is 1. The van der Waals surface area contributed by atoms with E-state index in [2.05, 4.69) is 10.5 Å². The highest BCUT2D eigenvalue weighted by Gasteiger charge is 2.20. The Labute approximate surface area is 187 Å². The number of nitrogen functional groups attached to an aromatic ring is 1. The maximum Gasteiger partial charge on any atom is 0.268 e. The van der Waals surface area contributed by atoms with Crippen molar-refractivity contribution in [1.82, 2.24) is 9.72 Å². The van der Waals surface area contributed by atoms with Crippen LogP contribution in [0.25, 0.3) is 27.5 Å². The molecule has 32 heavy (non-hydrogen) atoms. The molecular formula is C24H17ClN4O3. The zero-order valence-electron chi connectivity index (χ0n) is 16.9. The van der Waals surface area contributed by atoms with Gasteiger partial charge in [-0.25, -0.2) is 0 Å². The minimum absolute atomic E-state index is 0.307. The van der Waals surface area contributed by atoms with E-state index in [4.69, 9.17) is 21.9 Å². The van der Waals surface area contributed by atoms with Gasteiger partial charge in [-0.3, -0.25) is 14.2 Å². The molecule has 2 heterocycles. The third kappa shape index (κ3) is 3.11. The minimum atomic E-state index is -0.345. The normalized spacial score (nSPS) is 11.2. The van der Waals surface area contributed by atoms with Crippen molar-refractivity contribution >= 4 is 50.7 Å². The van der Waals surface area contributed by atoms with Gasteiger partial charge in [-0.2, -0.15) is 0 Å². The molecule has 0 aliphatic heterocycles. The van der Waals surface area contributed by atoms with Crippen molar-refractivity contribution in [3.05, 3.63) is 93.4 Å². The van der Waals surface area contributed by atoms with Crippen molar-refractivity contribution in [2.45, 2.75) is 6.92 Å². The molecule has 3 N–H and O–H groups in total. The summed E-state index contributed by atoms with van der Waals surface area (Å²) in [6, 6.07) is 19.1. The van der Waals surface area contributed by atoms with Crippen molar-refractivity contribution < 1.29 is 9.32 Å². The third-order valence-corrected chi connectivity index (χ3v) is 5.64. The molecule has 0 aliphatic carbocycles. The summed E-state index contributed by atoms with van der Waals surface area (Å²) in [6.07, 6.45) is 0. The Balaban J connectivity index is 1.70. The molecule has 5 aromatic rings. The summed E-state index contributed by atoms with van der Waals surface area (Å²) in [6.45, 7) is 1.68. The number of nitrogens with zero attached hydrogens (tertiary/aromatic N) is 2. The molecule has 5 rings (SSSR count). The van der Waals surface area contributed by atoms with Crippen LogP contribution in [0.15, 0.2) is 76.0 Å². The third-order valence-electron chi connectivity index (χ3n) is 5.32. The Bertz CT molecular complexity index is 1590. The number of halogens is 1. The second-order valence-corrected chi connectivity index (χ2v) is 7.74. The van der Waals surface area contributed by atoms with Crippen LogP contribution < -0.4 is 16.6 Å². The molecule has 0 spiro atoms. The predicted octanol–water partition coefficient (Wildman–Crippen LogP) is 4.93. The standard InChI is InChI=1S/C24H17ClN4O3/c1-13-20-22(28-32-13)21-16(25)8-5-11-19(21)29(24(20)31)15-7-4-6-14(12-15)23(30)27-18-10-3-2-9-17(18)26/h2-12H,26H2,1H3,(H,27,30). The number of fused-ring (bicyclic) bond motifs is 3. The van der Waals surface area contributed by atoms with Crippen LogP contribution in [0.5, 0.6) is 0 Å². The number of aromatic nitrogens is 2. The van der Waals surface area contributed by atoms with Gasteiger partial charge < -0.3 is 15.6 Å². The zero-order chi connectivity index (χ0) is 22.4. The fourth-order valence-electron chi connectivity index (χ4n) is 3.80. The van der Waals surface area contributed by atoms with Crippen molar-refractivity contribution in [2.24, 2.45) is 0 Å². The number of para-hydroxylation sites is 2. The van der Waals surface area contributed by atoms with E-state index in [0.29, 0.717) is 55.2 Å². The number of benzene rings is 3. The van der Waals surface area contributed by atoms with Gasteiger partial charge in [-0.15, -0.1) is 0 Å². The van der Waals surface area contributed by atoms with E-state index < -0.39 is 0 Å². The van der Waals surface area contributed by atoms with Gasteiger partial charge in [0.2, 0.25) is 0 Å². The van der Waals surface area contributed by atoms with Crippen LogP contribution in [0.4, 0.5) is 11.4 Å². The molecule has 0 fully saturated rings. The van der Waals surface area contributed by atoms with Gasteiger partial charge in [-0.1, -0.05) is 41.0 Å². The summed E-state index contributed by atoms with van der Waals surface area (Å²) < 4.78 is 6.81. The number of pyridine rings is 1. The molecule has 3 aromatic carbocycles. The first kappa shape index (κ1) is 19.8. The van der Waals surface area contributed by atoms with Crippen molar-refractivity contribution in [2.75, 3.05) is 11.1 Å². The largest absolute Gasteiger partial charge is 0.397 e. The lowest BCUT2D eigenvalue weighted by Crippen LogP contribution is -2.20. The summed E-state index contributed by atoms with van der Waals surface area (Å²) >= 11 is 6.47. The number of hydrogen-bond donors (Lipinski definition) is 2. The average Bonchev–Trinajstić information content (AvgIpc) is 3.17. The van der Waals surface area contributed by atoms with E-state index in [1.54, 1.807) is 73.7 Å². The van der Waals surface area contributed by atoms with E-state index in [9.17, 15) is 9.59 Å². The summed E-state index contributed by atoms with van der Waals surface area (Å²) in [5, 5.41) is 8.25. The molecule has 158 valence electrons. The van der Waals surface area contributed by atoms with Gasteiger partial charge in [0.1, 0.15) is 16.7 Å². The molecule has 1 amide bonds. The molecule has 0 saturated carbocycles. The molecule has 2 aromatic heterocycles. The monoisotopic (exact) mass is 444 g/mol. The molecule has 0 saturated heterocycles. The summed E-state index contributed by atoms with van der Waals surface area (Å²) in [5.74, 6) is 0.0522. The molecule has 8 heteroatoms. The lowest BCUT2D eigenvalue weighted by molar-refractivity contribution is 0.102. The first-order valence-corrected chi connectivity index (χ1v) is 10.2. The van der Waals surface area contributed by atoms with Crippen LogP contribution in [0.3, 0.4) is 0 Å². The Hall–Kier alpha value is -4.10. The van der Waals surface area contributed by atoms with Gasteiger partial charge in [0.15, 0.2) is 0 Å². The van der Waals surface area contributed by atoms with E-state index in [1.165, 1.54) is 4.57 Å². The van der Waals surface area contributed by atoms with E-state index in [-0.39, 0.29) is 11.5 Å². The van der Waals surface area contributed by atoms with Crippen LogP contribution in [-0.4, -0.2) is 15.6 Å². The van der Waals surface area contributed by atoms with Crippen LogP contribution in [-0.2, 0) is 0 Å². The van der Waals surface area contributed by atoms with Crippen LogP contribution in [0, 0.1) is 6.92 Å². The molecular weight excluding hydrogens is 428 g/mol. The fraction of sp³-hybridized carbons (Fsp3) is 0.0417. The quantitative estimate of drug-likeness (QED) is 0.384. The SMILES string of the molecule is Cc1onc2c1c(=O)n(-c1cccc(C(=O)Nc3ccccc3N)c1)c1cccc(Cl)c21. The maximum absolute atomic E-state index is 13.5. The fourth-order valence-corrected chi connectivity index (χ4v) is 4.06. The molecule has 0 radical (unpaired) electrons. The highest BCUT2D eigenvalue weighted by molar-refractivity contribution is 6.37. The van der Waals surface area contributed by atoms with Gasteiger partial charge >= 0.3 is 0 Å². The Kier molecular flexibility index (Phi) is 4.68. The predicted molar refractivity (Wildman–Crippen MR) is 126 cm³/mol. The smallest absolute Gasteiger partial charge is 0.268 e. The Morgan fingerprint density at radius 2 is 1.84 bits per heavy atom. The number of amides is 1. The molecule has 0 unspecified atom stereocenters. The first-order valence-electron chi connectivity index (χ1n) is 9.81. The molecule has 0 atom stereocenters. The van der Waals surface area contributed by atoms with E-state index in [1.807, 2.05) is 0 Å². The van der Waals surface area contributed by atoms with E-state index >= 15 is 0 Å². The zero-order valence-corrected chi connectivity index (χ0v) is 17.7. The highest BCUT2D eigenvalue weighted by Crippen LogP contribution is 2.31. The first-order chi connectivity index (χ1) is 15.5. The number of carbonyl (C=O) groups excluding carboxylic acids is 1. The van der Waals surface area contributed by atoms with Crippen molar-refractivity contribution in [1.29, 1.82) is 0 Å². The van der Waals surface area contributed by atoms with Crippen LogP contribution in [0.2, 0.25) is 5.02 Å². The molecule has 7 nitrogen and oxygen atoms in total. The van der Waals surface area contributed by atoms with Crippen LogP contribution >= 0.6 is 11.6 Å². The number of aryl methyl sites for hydroxylation is 1. The summed E-state index contributed by atoms with van der Waals surface area (Å²) in [5.41, 5.74) is 8.46. The number of carbonyl (C=O) groups is 1. The maximum atomic E-state index is 13.5. The number of nitrogens with one attached hydrogen (secondary N) is 1. The average molecular weight is 445 g/mol. The topological polar surface area (TPSA) is 103 Å². The number of hydrogen-bond acceptors (Lipinski definition) is 5. The van der Waals surface area contributed by atoms with Crippen LogP contribution in [0.1, 0.15) is 16.1 Å². The Morgan fingerprint density at radius 1 is 1.06 bits per heavy atom. The second kappa shape index (κ2) is 7.55. The van der Waals surface area contributed by atoms with Gasteiger partial charge in [0.05, 0.1) is 27.6 Å². The Morgan fingerprint density at radius 3 is 2.66 bits per heavy atom. The minimum Gasteiger partial charge on any atom is -0.397 e. The lowest BCUT2D eigenvalue weighted by Gasteiger charge is -2.13. The molecule has 0 bridgehead atoms. The summed E-state index contributed by atoms with van der Waals surface area (Å²) in [7, 11) is 0. The second-order valence-electron chi connectivity index (χ2n) is 7.33. The van der Waals surface area contributed by atoms with Gasteiger partial charge in [0.25, 0.3) is 11.5 Å². The van der Waals surface area contributed by atoms with E-state index in [0.717, 1.165) is 0 Å². The lowest BCUT2D eigenvalue weighted by atomic mass is 10.1. The highest BCUT2D eigenvalue weighted by atomic mass is 35.5. The summed E-state index contributed by atoms with van der Waals surface area (Å²) in [4.78, 5) is 26.3.